The minimum atomic E-state index is -0.934. The van der Waals surface area contributed by atoms with E-state index in [0.717, 1.165) is 5.56 Å². The fourth-order valence-electron chi connectivity index (χ4n) is 3.39. The lowest BCUT2D eigenvalue weighted by molar-refractivity contribution is -0.159. The number of hydrogen-bond donors (Lipinski definition) is 0. The normalized spacial score (nSPS) is 18.9. The van der Waals surface area contributed by atoms with E-state index in [9.17, 15) is 14.0 Å². The Hall–Kier alpha value is -2.11. The van der Waals surface area contributed by atoms with E-state index in [0.29, 0.717) is 38.3 Å². The van der Waals surface area contributed by atoms with Crippen LogP contribution in [0, 0.1) is 17.2 Å². The van der Waals surface area contributed by atoms with Crippen molar-refractivity contribution >= 4 is 11.9 Å². The van der Waals surface area contributed by atoms with Crippen molar-refractivity contribution in [3.8, 4) is 5.75 Å². The van der Waals surface area contributed by atoms with Crippen molar-refractivity contribution in [1.29, 1.82) is 0 Å². The molecule has 0 radical (unpaired) electrons. The van der Waals surface area contributed by atoms with E-state index in [1.807, 2.05) is 20.8 Å². The fourth-order valence-corrected chi connectivity index (χ4v) is 3.39. The van der Waals surface area contributed by atoms with Gasteiger partial charge >= 0.3 is 5.97 Å². The first-order valence-electron chi connectivity index (χ1n) is 8.98. The molecule has 2 aliphatic rings. The highest BCUT2D eigenvalue weighted by Crippen LogP contribution is 2.49. The molecule has 142 valence electrons. The van der Waals surface area contributed by atoms with E-state index in [1.165, 1.54) is 19.2 Å². The van der Waals surface area contributed by atoms with Gasteiger partial charge in [0.05, 0.1) is 13.7 Å². The van der Waals surface area contributed by atoms with Gasteiger partial charge in [0.25, 0.3) is 0 Å². The van der Waals surface area contributed by atoms with Gasteiger partial charge in [-0.3, -0.25) is 9.59 Å². The van der Waals surface area contributed by atoms with Crippen LogP contribution in [0.3, 0.4) is 0 Å². The molecular weight excluding hydrogens is 337 g/mol. The highest BCUT2D eigenvalue weighted by molar-refractivity contribution is 6.05. The Labute approximate surface area is 153 Å². The maximum atomic E-state index is 13.6. The van der Waals surface area contributed by atoms with Gasteiger partial charge in [0.2, 0.25) is 5.91 Å². The van der Waals surface area contributed by atoms with Gasteiger partial charge in [0, 0.05) is 24.6 Å². The quantitative estimate of drug-likeness (QED) is 0.596. The van der Waals surface area contributed by atoms with Gasteiger partial charge in [-0.25, -0.2) is 4.39 Å². The Kier molecular flexibility index (Phi) is 4.71. The maximum absolute atomic E-state index is 13.6. The molecule has 5 nitrogen and oxygen atoms in total. The third-order valence-corrected chi connectivity index (χ3v) is 5.20. The zero-order chi connectivity index (χ0) is 19.1. The molecule has 0 unspecified atom stereocenters. The molecule has 2 fully saturated rings. The Bertz CT molecular complexity index is 715. The first-order valence-corrected chi connectivity index (χ1v) is 8.98. The summed E-state index contributed by atoms with van der Waals surface area (Å²) in [7, 11) is 1.32. The first kappa shape index (κ1) is 18.7. The summed E-state index contributed by atoms with van der Waals surface area (Å²) in [5.74, 6) is 0.0588. The summed E-state index contributed by atoms with van der Waals surface area (Å²) in [5.41, 5.74) is -0.332. The number of amides is 1. The Morgan fingerprint density at radius 2 is 1.92 bits per heavy atom. The molecule has 1 aromatic carbocycles. The number of carbonyl (C=O) groups excluding carboxylic acids is 2. The average molecular weight is 363 g/mol. The zero-order valence-electron chi connectivity index (χ0n) is 15.8. The number of halogens is 1. The largest absolute Gasteiger partial charge is 0.493 e. The second kappa shape index (κ2) is 6.56. The summed E-state index contributed by atoms with van der Waals surface area (Å²) in [6, 6.07) is 4.57. The van der Waals surface area contributed by atoms with E-state index < -0.39 is 11.4 Å². The van der Waals surface area contributed by atoms with Crippen molar-refractivity contribution < 1.29 is 23.5 Å². The number of hydrogen-bond acceptors (Lipinski definition) is 4. The fraction of sp³-hybridized carbons (Fsp3) is 0.600. The van der Waals surface area contributed by atoms with Gasteiger partial charge in [-0.05, 0) is 36.5 Å². The molecule has 0 N–H and O–H groups in total. The van der Waals surface area contributed by atoms with Crippen molar-refractivity contribution in [2.24, 2.45) is 11.3 Å². The van der Waals surface area contributed by atoms with E-state index in [4.69, 9.17) is 9.47 Å². The maximum Gasteiger partial charge on any atom is 0.321 e. The second-order valence-corrected chi connectivity index (χ2v) is 8.35. The molecule has 1 saturated heterocycles. The molecule has 6 heteroatoms. The predicted octanol–water partition coefficient (Wildman–Crippen LogP) is 2.91. The number of likely N-dealkylation sites (tertiary alicyclic amines) is 1. The van der Waals surface area contributed by atoms with Crippen molar-refractivity contribution in [3.05, 3.63) is 29.6 Å². The molecule has 1 aliphatic heterocycles. The van der Waals surface area contributed by atoms with Crippen LogP contribution in [0.5, 0.6) is 5.75 Å². The van der Waals surface area contributed by atoms with Crippen LogP contribution in [0.15, 0.2) is 18.2 Å². The standard InChI is InChI=1S/C20H26FNO4/c1-19(2,3)15-9-14(21)5-6-16(15)26-12-13-10-22(11-13)17(23)20(7-8-20)18(24)25-4/h5-6,9,13H,7-8,10-12H2,1-4H3. The first-order chi connectivity index (χ1) is 12.2. The second-order valence-electron chi connectivity index (χ2n) is 8.35. The summed E-state index contributed by atoms with van der Waals surface area (Å²) >= 11 is 0. The molecule has 3 rings (SSSR count). The van der Waals surface area contributed by atoms with Crippen LogP contribution < -0.4 is 4.74 Å². The highest BCUT2D eigenvalue weighted by Gasteiger charge is 2.60. The van der Waals surface area contributed by atoms with Crippen molar-refractivity contribution in [2.75, 3.05) is 26.8 Å². The van der Waals surface area contributed by atoms with Gasteiger partial charge in [-0.15, -0.1) is 0 Å². The van der Waals surface area contributed by atoms with E-state index in [1.54, 1.807) is 11.0 Å². The number of carbonyl (C=O) groups is 2. The molecule has 0 spiro atoms. The lowest BCUT2D eigenvalue weighted by Crippen LogP contribution is -2.55. The lowest BCUT2D eigenvalue weighted by Gasteiger charge is -2.40. The third-order valence-electron chi connectivity index (χ3n) is 5.20. The minimum Gasteiger partial charge on any atom is -0.493 e. The molecule has 1 heterocycles. The topological polar surface area (TPSA) is 55.8 Å². The smallest absolute Gasteiger partial charge is 0.321 e. The minimum absolute atomic E-state index is 0.127. The number of esters is 1. The molecule has 0 aromatic heterocycles. The van der Waals surface area contributed by atoms with Gasteiger partial charge in [0.15, 0.2) is 0 Å². The molecule has 1 aliphatic carbocycles. The number of benzene rings is 1. The van der Waals surface area contributed by atoms with Gasteiger partial charge in [-0.1, -0.05) is 20.8 Å². The summed E-state index contributed by atoms with van der Waals surface area (Å²) in [6.45, 7) is 7.65. The highest BCUT2D eigenvalue weighted by atomic mass is 19.1. The van der Waals surface area contributed by atoms with Gasteiger partial charge < -0.3 is 14.4 Å². The number of ether oxygens (including phenoxy) is 2. The van der Waals surface area contributed by atoms with Crippen LogP contribution in [0.4, 0.5) is 4.39 Å². The van der Waals surface area contributed by atoms with Crippen LogP contribution in [0.2, 0.25) is 0 Å². The monoisotopic (exact) mass is 363 g/mol. The predicted molar refractivity (Wildman–Crippen MR) is 94.3 cm³/mol. The summed E-state index contributed by atoms with van der Waals surface area (Å²) in [6.07, 6.45) is 1.14. The average Bonchev–Trinajstić information content (AvgIpc) is 3.34. The summed E-state index contributed by atoms with van der Waals surface area (Å²) in [5, 5.41) is 0. The SMILES string of the molecule is COC(=O)C1(C(=O)N2CC(COc3ccc(F)cc3C(C)(C)C)C2)CC1. The molecule has 1 aromatic rings. The lowest BCUT2D eigenvalue weighted by atomic mass is 9.86. The molecular formula is C20H26FNO4. The van der Waals surface area contributed by atoms with Crippen LogP contribution >= 0.6 is 0 Å². The van der Waals surface area contributed by atoms with E-state index in [2.05, 4.69) is 0 Å². The van der Waals surface area contributed by atoms with Crippen LogP contribution in [-0.2, 0) is 19.7 Å². The third kappa shape index (κ3) is 3.41. The molecule has 1 saturated carbocycles. The zero-order valence-corrected chi connectivity index (χ0v) is 15.8. The number of methoxy groups -OCH3 is 1. The van der Waals surface area contributed by atoms with Crippen molar-refractivity contribution in [2.45, 2.75) is 39.0 Å². The van der Waals surface area contributed by atoms with E-state index in [-0.39, 0.29) is 23.1 Å². The Morgan fingerprint density at radius 3 is 2.46 bits per heavy atom. The van der Waals surface area contributed by atoms with Crippen molar-refractivity contribution in [3.63, 3.8) is 0 Å². The summed E-state index contributed by atoms with van der Waals surface area (Å²) < 4.78 is 24.3. The number of rotatable bonds is 5. The molecule has 0 atom stereocenters. The van der Waals surface area contributed by atoms with Gasteiger partial charge in [0.1, 0.15) is 17.0 Å². The Morgan fingerprint density at radius 1 is 1.27 bits per heavy atom. The van der Waals surface area contributed by atoms with Crippen molar-refractivity contribution in [1.82, 2.24) is 4.90 Å². The molecule has 1 amide bonds. The summed E-state index contributed by atoms with van der Waals surface area (Å²) in [4.78, 5) is 26.0. The van der Waals surface area contributed by atoms with Crippen LogP contribution in [-0.4, -0.2) is 43.6 Å². The Balaban J connectivity index is 1.55. The molecule has 26 heavy (non-hydrogen) atoms. The molecule has 0 bridgehead atoms. The van der Waals surface area contributed by atoms with Crippen LogP contribution in [0.1, 0.15) is 39.2 Å². The van der Waals surface area contributed by atoms with Gasteiger partial charge in [-0.2, -0.15) is 0 Å². The van der Waals surface area contributed by atoms with Crippen LogP contribution in [0.25, 0.3) is 0 Å². The van der Waals surface area contributed by atoms with E-state index >= 15 is 0 Å². The number of nitrogens with zero attached hydrogens (tertiary/aromatic N) is 1.